The second-order valence-electron chi connectivity index (χ2n) is 5.12. The van der Waals surface area contributed by atoms with Gasteiger partial charge in [0, 0.05) is 22.9 Å². The zero-order chi connectivity index (χ0) is 16.4. The first-order chi connectivity index (χ1) is 11.0. The summed E-state index contributed by atoms with van der Waals surface area (Å²) in [7, 11) is 0. The molecule has 116 valence electrons. The zero-order valence-corrected chi connectivity index (χ0v) is 13.8. The van der Waals surface area contributed by atoms with Crippen LogP contribution < -0.4 is 5.32 Å². The fourth-order valence-electron chi connectivity index (χ4n) is 2.32. The lowest BCUT2D eigenvalue weighted by molar-refractivity contribution is 0.0941. The lowest BCUT2D eigenvalue weighted by Crippen LogP contribution is -2.27. The molecule has 0 aliphatic rings. The molecule has 6 heteroatoms. The molecule has 0 spiro atoms. The van der Waals surface area contributed by atoms with Crippen LogP contribution in [0.3, 0.4) is 0 Å². The first-order valence-corrected chi connectivity index (χ1v) is 7.80. The van der Waals surface area contributed by atoms with Crippen LogP contribution in [0.25, 0.3) is 11.0 Å². The van der Waals surface area contributed by atoms with Gasteiger partial charge in [0.2, 0.25) is 0 Å². The Morgan fingerprint density at radius 2 is 1.87 bits per heavy atom. The Bertz CT molecular complexity index is 867. The number of hydrogen-bond donors (Lipinski definition) is 1. The number of aromatic nitrogens is 2. The molecule has 1 heterocycles. The molecule has 0 aliphatic heterocycles. The van der Waals surface area contributed by atoms with E-state index in [0.717, 1.165) is 10.0 Å². The lowest BCUT2D eigenvalue weighted by atomic mass is 10.1. The number of nitrogens with one attached hydrogen (secondary N) is 1. The van der Waals surface area contributed by atoms with Gasteiger partial charge in [0.15, 0.2) is 0 Å². The van der Waals surface area contributed by atoms with E-state index < -0.39 is 5.82 Å². The Morgan fingerprint density at radius 1 is 1.17 bits per heavy atom. The summed E-state index contributed by atoms with van der Waals surface area (Å²) in [4.78, 5) is 20.7. The maximum absolute atomic E-state index is 13.7. The maximum Gasteiger partial charge on any atom is 0.254 e. The normalized spacial score (nSPS) is 12.1. The number of hydrogen-bond acceptors (Lipinski definition) is 3. The molecule has 0 saturated carbocycles. The molecule has 0 aliphatic carbocycles. The van der Waals surface area contributed by atoms with E-state index >= 15 is 0 Å². The molecule has 1 amide bonds. The second-order valence-corrected chi connectivity index (χ2v) is 6.04. The van der Waals surface area contributed by atoms with Gasteiger partial charge in [-0.3, -0.25) is 14.8 Å². The van der Waals surface area contributed by atoms with Crippen LogP contribution in [0.2, 0.25) is 0 Å². The van der Waals surface area contributed by atoms with Gasteiger partial charge in [-0.2, -0.15) is 0 Å². The van der Waals surface area contributed by atoms with Gasteiger partial charge in [0.05, 0.1) is 17.1 Å². The molecule has 1 aromatic heterocycles. The van der Waals surface area contributed by atoms with Gasteiger partial charge in [-0.1, -0.05) is 28.1 Å². The van der Waals surface area contributed by atoms with E-state index in [1.807, 2.05) is 31.2 Å². The third-order valence-corrected chi connectivity index (χ3v) is 4.03. The van der Waals surface area contributed by atoms with Crippen LogP contribution in [0, 0.1) is 5.82 Å². The van der Waals surface area contributed by atoms with Crippen LogP contribution in [0.1, 0.15) is 28.9 Å². The molecule has 4 nitrogen and oxygen atoms in total. The minimum absolute atomic E-state index is 0.178. The molecule has 0 bridgehead atoms. The van der Waals surface area contributed by atoms with Crippen molar-refractivity contribution in [2.24, 2.45) is 0 Å². The van der Waals surface area contributed by atoms with E-state index in [1.165, 1.54) is 24.5 Å². The van der Waals surface area contributed by atoms with Gasteiger partial charge in [0.1, 0.15) is 11.3 Å². The Hall–Kier alpha value is -2.34. The van der Waals surface area contributed by atoms with Crippen LogP contribution in [0.4, 0.5) is 4.39 Å². The average molecular weight is 374 g/mol. The minimum atomic E-state index is -0.514. The van der Waals surface area contributed by atoms with E-state index in [0.29, 0.717) is 11.0 Å². The van der Waals surface area contributed by atoms with Crippen LogP contribution in [0.5, 0.6) is 0 Å². The monoisotopic (exact) mass is 373 g/mol. The Kier molecular flexibility index (Phi) is 4.34. The first-order valence-electron chi connectivity index (χ1n) is 7.01. The van der Waals surface area contributed by atoms with Gasteiger partial charge in [-0.15, -0.1) is 0 Å². The molecule has 1 unspecified atom stereocenters. The number of benzene rings is 2. The second kappa shape index (κ2) is 6.42. The van der Waals surface area contributed by atoms with Gasteiger partial charge < -0.3 is 5.32 Å². The Labute approximate surface area is 140 Å². The predicted molar refractivity (Wildman–Crippen MR) is 89.5 cm³/mol. The van der Waals surface area contributed by atoms with Crippen LogP contribution in [-0.2, 0) is 0 Å². The number of rotatable bonds is 3. The van der Waals surface area contributed by atoms with Crippen molar-refractivity contribution in [2.75, 3.05) is 0 Å². The number of amides is 1. The summed E-state index contributed by atoms with van der Waals surface area (Å²) in [6.07, 6.45) is 2.95. The summed E-state index contributed by atoms with van der Waals surface area (Å²) in [5.74, 6) is -0.898. The molecular weight excluding hydrogens is 361 g/mol. The number of nitrogens with zero attached hydrogens (tertiary/aromatic N) is 2. The third kappa shape index (κ3) is 3.37. The van der Waals surface area contributed by atoms with Crippen molar-refractivity contribution in [3.05, 3.63) is 70.2 Å². The Balaban J connectivity index is 1.90. The van der Waals surface area contributed by atoms with Crippen molar-refractivity contribution in [1.82, 2.24) is 15.3 Å². The van der Waals surface area contributed by atoms with Gasteiger partial charge in [-0.05, 0) is 30.7 Å². The molecular formula is C17H13BrFN3O. The average Bonchev–Trinajstić information content (AvgIpc) is 2.54. The zero-order valence-electron chi connectivity index (χ0n) is 12.3. The largest absolute Gasteiger partial charge is 0.345 e. The third-order valence-electron chi connectivity index (χ3n) is 3.50. The summed E-state index contributed by atoms with van der Waals surface area (Å²) < 4.78 is 14.7. The van der Waals surface area contributed by atoms with E-state index in [2.05, 4.69) is 31.2 Å². The summed E-state index contributed by atoms with van der Waals surface area (Å²) in [5, 5.41) is 2.86. The predicted octanol–water partition coefficient (Wildman–Crippen LogP) is 4.02. The van der Waals surface area contributed by atoms with Crippen LogP contribution in [-0.4, -0.2) is 15.9 Å². The molecule has 1 atom stereocenters. The number of carbonyl (C=O) groups is 1. The number of carbonyl (C=O) groups excluding carboxylic acids is 1. The fourth-order valence-corrected chi connectivity index (χ4v) is 2.59. The number of fused-ring (bicyclic) bond motifs is 1. The van der Waals surface area contributed by atoms with Gasteiger partial charge >= 0.3 is 0 Å². The van der Waals surface area contributed by atoms with Crippen molar-refractivity contribution < 1.29 is 9.18 Å². The molecule has 0 fully saturated rings. The molecule has 0 saturated heterocycles. The standard InChI is InChI=1S/C17H13BrFN3O/c1-10(11-2-4-12(18)5-3-11)22-17(23)14-8-13(19)9-15-16(14)21-7-6-20-15/h2-10H,1H3,(H,22,23). The molecule has 3 aromatic rings. The Morgan fingerprint density at radius 3 is 2.61 bits per heavy atom. The highest BCUT2D eigenvalue weighted by Crippen LogP contribution is 2.20. The quantitative estimate of drug-likeness (QED) is 0.754. The minimum Gasteiger partial charge on any atom is -0.345 e. The molecule has 23 heavy (non-hydrogen) atoms. The SMILES string of the molecule is CC(NC(=O)c1cc(F)cc2nccnc12)c1ccc(Br)cc1. The van der Waals surface area contributed by atoms with E-state index in [4.69, 9.17) is 0 Å². The highest BCUT2D eigenvalue weighted by molar-refractivity contribution is 9.10. The fraction of sp³-hybridized carbons (Fsp3) is 0.118. The molecule has 3 rings (SSSR count). The van der Waals surface area contributed by atoms with Crippen molar-refractivity contribution >= 4 is 32.9 Å². The summed E-state index contributed by atoms with van der Waals surface area (Å²) in [5.41, 5.74) is 1.87. The molecule has 1 N–H and O–H groups in total. The van der Waals surface area contributed by atoms with Crippen LogP contribution >= 0.6 is 15.9 Å². The van der Waals surface area contributed by atoms with Gasteiger partial charge in [-0.25, -0.2) is 4.39 Å². The molecule has 2 aromatic carbocycles. The topological polar surface area (TPSA) is 54.9 Å². The van der Waals surface area contributed by atoms with E-state index in [1.54, 1.807) is 0 Å². The first kappa shape index (κ1) is 15.6. The van der Waals surface area contributed by atoms with Crippen molar-refractivity contribution in [3.8, 4) is 0 Å². The lowest BCUT2D eigenvalue weighted by Gasteiger charge is -2.15. The maximum atomic E-state index is 13.7. The number of halogens is 2. The summed E-state index contributed by atoms with van der Waals surface area (Å²) in [6.45, 7) is 1.87. The van der Waals surface area contributed by atoms with Gasteiger partial charge in [0.25, 0.3) is 5.91 Å². The highest BCUT2D eigenvalue weighted by atomic mass is 79.9. The van der Waals surface area contributed by atoms with E-state index in [-0.39, 0.29) is 17.5 Å². The van der Waals surface area contributed by atoms with E-state index in [9.17, 15) is 9.18 Å². The summed E-state index contributed by atoms with van der Waals surface area (Å²) >= 11 is 3.37. The molecule has 0 radical (unpaired) electrons. The van der Waals surface area contributed by atoms with Crippen molar-refractivity contribution in [3.63, 3.8) is 0 Å². The van der Waals surface area contributed by atoms with Crippen molar-refractivity contribution in [1.29, 1.82) is 0 Å². The summed E-state index contributed by atoms with van der Waals surface area (Å²) in [6, 6.07) is 9.86. The van der Waals surface area contributed by atoms with Crippen molar-refractivity contribution in [2.45, 2.75) is 13.0 Å². The smallest absolute Gasteiger partial charge is 0.254 e. The highest BCUT2D eigenvalue weighted by Gasteiger charge is 2.16. The van der Waals surface area contributed by atoms with Crippen LogP contribution in [0.15, 0.2) is 53.3 Å².